The van der Waals surface area contributed by atoms with Gasteiger partial charge in [-0.25, -0.2) is 0 Å². The predicted molar refractivity (Wildman–Crippen MR) is 138 cm³/mol. The maximum absolute atomic E-state index is 9.83. The molecule has 1 heterocycles. The Morgan fingerprint density at radius 1 is 0.588 bits per heavy atom. The molecule has 0 saturated carbocycles. The summed E-state index contributed by atoms with van der Waals surface area (Å²) >= 11 is 0. The third-order valence-electron chi connectivity index (χ3n) is 6.70. The first kappa shape index (κ1) is 22.0. The summed E-state index contributed by atoms with van der Waals surface area (Å²) in [5.41, 5.74) is 9.56. The number of aliphatic hydroxyl groups is 2. The highest BCUT2D eigenvalue weighted by Gasteiger charge is 2.19. The van der Waals surface area contributed by atoms with Gasteiger partial charge in [0.1, 0.15) is 7.05 Å². The Bertz CT molecular complexity index is 1420. The summed E-state index contributed by atoms with van der Waals surface area (Å²) in [4.78, 5) is 0. The van der Waals surface area contributed by atoms with Crippen LogP contribution in [0.2, 0.25) is 0 Å². The van der Waals surface area contributed by atoms with E-state index in [1.807, 2.05) is 24.3 Å². The van der Waals surface area contributed by atoms with Crippen LogP contribution in [-0.4, -0.2) is 10.2 Å². The van der Waals surface area contributed by atoms with Gasteiger partial charge in [-0.05, 0) is 69.1 Å². The first-order valence-corrected chi connectivity index (χ1v) is 11.5. The maximum atomic E-state index is 9.83. The van der Waals surface area contributed by atoms with Crippen LogP contribution in [-0.2, 0) is 20.3 Å². The lowest BCUT2D eigenvalue weighted by Gasteiger charge is -2.13. The van der Waals surface area contributed by atoms with Crippen molar-refractivity contribution in [2.45, 2.75) is 20.1 Å². The number of aryl methyl sites for hydroxylation is 1. The smallest absolute Gasteiger partial charge is 0.213 e. The van der Waals surface area contributed by atoms with Crippen LogP contribution >= 0.6 is 0 Å². The minimum atomic E-state index is -0.0944. The van der Waals surface area contributed by atoms with Crippen molar-refractivity contribution in [1.29, 1.82) is 0 Å². The summed E-state index contributed by atoms with van der Waals surface area (Å²) in [6.45, 7) is 1.92. The quantitative estimate of drug-likeness (QED) is 0.327. The summed E-state index contributed by atoms with van der Waals surface area (Å²) < 4.78 is 2.21. The Morgan fingerprint density at radius 2 is 1.09 bits per heavy atom. The minimum absolute atomic E-state index is 0.0870. The molecule has 0 bridgehead atoms. The first-order valence-electron chi connectivity index (χ1n) is 11.5. The highest BCUT2D eigenvalue weighted by atomic mass is 16.3. The fourth-order valence-electron chi connectivity index (χ4n) is 4.69. The van der Waals surface area contributed by atoms with Gasteiger partial charge in [0, 0.05) is 23.9 Å². The van der Waals surface area contributed by atoms with Crippen LogP contribution in [0.5, 0.6) is 0 Å². The number of hydrogen-bond acceptors (Lipinski definition) is 2. The van der Waals surface area contributed by atoms with Crippen LogP contribution in [0.25, 0.3) is 44.3 Å². The van der Waals surface area contributed by atoms with Crippen molar-refractivity contribution in [2.24, 2.45) is 7.05 Å². The zero-order chi connectivity index (χ0) is 23.7. The second-order valence-electron chi connectivity index (χ2n) is 8.73. The van der Waals surface area contributed by atoms with E-state index in [1.54, 1.807) is 0 Å². The number of hydrogen-bond donors (Lipinski definition) is 2. The van der Waals surface area contributed by atoms with Crippen molar-refractivity contribution in [3.05, 3.63) is 114 Å². The number of rotatable bonds is 5. The largest absolute Gasteiger partial charge is 0.392 e. The minimum Gasteiger partial charge on any atom is -0.392 e. The van der Waals surface area contributed by atoms with E-state index in [4.69, 9.17) is 0 Å². The lowest BCUT2D eigenvalue weighted by atomic mass is 9.93. The molecule has 0 saturated heterocycles. The summed E-state index contributed by atoms with van der Waals surface area (Å²) in [6.07, 6.45) is 0. The van der Waals surface area contributed by atoms with E-state index in [9.17, 15) is 10.2 Å². The molecule has 5 aromatic rings. The van der Waals surface area contributed by atoms with Crippen LogP contribution in [0, 0.1) is 6.92 Å². The van der Waals surface area contributed by atoms with Crippen LogP contribution in [0.1, 0.15) is 16.8 Å². The zero-order valence-corrected chi connectivity index (χ0v) is 19.5. The second kappa shape index (κ2) is 9.22. The molecule has 0 atom stereocenters. The number of aliphatic hydroxyl groups excluding tert-OH is 2. The molecule has 0 radical (unpaired) electrons. The fraction of sp³-hybridized carbons (Fsp3) is 0.129. The summed E-state index contributed by atoms with van der Waals surface area (Å²) in [7, 11) is 2.08. The van der Waals surface area contributed by atoms with Gasteiger partial charge in [-0.1, -0.05) is 60.7 Å². The molecule has 3 heteroatoms. The Balaban J connectivity index is 1.77. The third-order valence-corrected chi connectivity index (χ3v) is 6.70. The zero-order valence-electron chi connectivity index (χ0n) is 19.5. The normalized spacial score (nSPS) is 11.2. The van der Waals surface area contributed by atoms with Crippen LogP contribution in [0.3, 0.4) is 0 Å². The van der Waals surface area contributed by atoms with Gasteiger partial charge in [0.15, 0.2) is 5.69 Å². The number of nitrogens with zero attached hydrogens (tertiary/aromatic N) is 1. The third kappa shape index (κ3) is 4.01. The molecule has 1 aromatic heterocycles. The molecule has 0 aliphatic rings. The van der Waals surface area contributed by atoms with Gasteiger partial charge in [0.2, 0.25) is 5.69 Å². The van der Waals surface area contributed by atoms with Gasteiger partial charge in [-0.2, -0.15) is 4.57 Å². The maximum Gasteiger partial charge on any atom is 0.213 e. The van der Waals surface area contributed by atoms with E-state index >= 15 is 0 Å². The van der Waals surface area contributed by atoms with E-state index in [0.717, 1.165) is 38.9 Å². The lowest BCUT2D eigenvalue weighted by Crippen LogP contribution is -2.35. The van der Waals surface area contributed by atoms with Gasteiger partial charge in [0.05, 0.1) is 13.2 Å². The Kier molecular flexibility index (Phi) is 5.97. The van der Waals surface area contributed by atoms with Gasteiger partial charge >= 0.3 is 0 Å². The van der Waals surface area contributed by atoms with Gasteiger partial charge < -0.3 is 10.2 Å². The topological polar surface area (TPSA) is 44.3 Å². The predicted octanol–water partition coefficient (Wildman–Crippen LogP) is 5.96. The summed E-state index contributed by atoms with van der Waals surface area (Å²) in [5, 5.41) is 21.7. The van der Waals surface area contributed by atoms with Gasteiger partial charge in [-0.3, -0.25) is 0 Å². The van der Waals surface area contributed by atoms with E-state index in [2.05, 4.69) is 91.3 Å². The molecule has 2 N–H and O–H groups in total. The van der Waals surface area contributed by atoms with Crippen molar-refractivity contribution in [1.82, 2.24) is 0 Å². The molecular weight excluding hydrogens is 418 g/mol. The molecule has 0 aliphatic heterocycles. The molecule has 0 spiro atoms. The molecule has 0 aliphatic carbocycles. The lowest BCUT2D eigenvalue weighted by molar-refractivity contribution is -0.665. The molecule has 0 unspecified atom stereocenters. The Morgan fingerprint density at radius 3 is 1.62 bits per heavy atom. The van der Waals surface area contributed by atoms with Gasteiger partial charge in [0.25, 0.3) is 0 Å². The average molecular weight is 447 g/mol. The van der Waals surface area contributed by atoms with Crippen molar-refractivity contribution in [2.75, 3.05) is 0 Å². The standard InChI is InChI=1S/C31H28NO2/c1-21-30-17-29(20-34)28(19-33)16-26(30)18-31(32(21)2)27-14-24(22-9-5-3-6-10-22)13-25(15-27)23-11-7-4-8-12-23/h3-18,33-34H,19-20H2,1-2H3/q+1. The van der Waals surface area contributed by atoms with E-state index < -0.39 is 0 Å². The molecule has 0 fully saturated rings. The monoisotopic (exact) mass is 446 g/mol. The number of pyridine rings is 1. The Hall–Kier alpha value is -3.79. The van der Waals surface area contributed by atoms with E-state index in [1.165, 1.54) is 22.3 Å². The number of aromatic nitrogens is 1. The first-order chi connectivity index (χ1) is 16.6. The van der Waals surface area contributed by atoms with E-state index in [0.29, 0.717) is 0 Å². The van der Waals surface area contributed by atoms with Crippen molar-refractivity contribution >= 4 is 10.8 Å². The molecule has 4 aromatic carbocycles. The fourth-order valence-corrected chi connectivity index (χ4v) is 4.69. The summed E-state index contributed by atoms with van der Waals surface area (Å²) in [5.74, 6) is 0. The van der Waals surface area contributed by atoms with Crippen molar-refractivity contribution in [3.63, 3.8) is 0 Å². The highest BCUT2D eigenvalue weighted by molar-refractivity contribution is 5.89. The van der Waals surface area contributed by atoms with E-state index in [-0.39, 0.29) is 13.2 Å². The van der Waals surface area contributed by atoms with Crippen molar-refractivity contribution < 1.29 is 14.8 Å². The van der Waals surface area contributed by atoms with Crippen LogP contribution in [0.4, 0.5) is 0 Å². The average Bonchev–Trinajstić information content (AvgIpc) is 2.90. The molecule has 168 valence electrons. The molecule has 0 amide bonds. The van der Waals surface area contributed by atoms with Crippen molar-refractivity contribution in [3.8, 4) is 33.5 Å². The van der Waals surface area contributed by atoms with Crippen LogP contribution < -0.4 is 4.57 Å². The number of fused-ring (bicyclic) bond motifs is 1. The highest BCUT2D eigenvalue weighted by Crippen LogP contribution is 2.33. The molecule has 5 rings (SSSR count). The molecular formula is C31H28NO2+. The number of benzene rings is 4. The molecule has 34 heavy (non-hydrogen) atoms. The summed E-state index contributed by atoms with van der Waals surface area (Å²) in [6, 6.07) is 33.8. The second-order valence-corrected chi connectivity index (χ2v) is 8.73. The van der Waals surface area contributed by atoms with Gasteiger partial charge in [-0.15, -0.1) is 0 Å². The molecule has 3 nitrogen and oxygen atoms in total. The Labute approximate surface area is 200 Å². The van der Waals surface area contributed by atoms with Crippen LogP contribution in [0.15, 0.2) is 97.1 Å². The SMILES string of the molecule is Cc1c2cc(CO)c(CO)cc2cc(-c2cc(-c3ccccc3)cc(-c3ccccc3)c2)[n+]1C.